The molecule has 0 bridgehead atoms. The molecular formula is C8H10ClN3O4. The van der Waals surface area contributed by atoms with Crippen molar-refractivity contribution in [3.63, 3.8) is 0 Å². The van der Waals surface area contributed by atoms with Gasteiger partial charge in [0.1, 0.15) is 0 Å². The number of nitro groups is 1. The van der Waals surface area contributed by atoms with Gasteiger partial charge in [-0.3, -0.25) is 0 Å². The van der Waals surface area contributed by atoms with Crippen LogP contribution in [0.2, 0.25) is 0 Å². The van der Waals surface area contributed by atoms with Crippen LogP contribution in [0, 0.1) is 10.1 Å². The number of carbonyl (C=O) groups is 1. The van der Waals surface area contributed by atoms with Crippen LogP contribution in [0.3, 0.4) is 0 Å². The summed E-state index contributed by atoms with van der Waals surface area (Å²) in [6.07, 6.45) is 0. The van der Waals surface area contributed by atoms with E-state index in [-0.39, 0.29) is 24.8 Å². The van der Waals surface area contributed by atoms with E-state index in [1.165, 1.54) is 10.7 Å². The molecule has 0 fully saturated rings. The summed E-state index contributed by atoms with van der Waals surface area (Å²) in [5.41, 5.74) is 0.404. The first-order valence-electron chi connectivity index (χ1n) is 4.51. The normalized spacial score (nSPS) is 10.1. The monoisotopic (exact) mass is 247 g/mol. The first-order valence-corrected chi connectivity index (χ1v) is 5.04. The molecule has 0 amide bonds. The first-order chi connectivity index (χ1) is 7.58. The molecular weight excluding hydrogens is 238 g/mol. The summed E-state index contributed by atoms with van der Waals surface area (Å²) in [6, 6.07) is 1.23. The second kappa shape index (κ2) is 5.45. The molecule has 0 N–H and O–H groups in total. The SMILES string of the molecule is CCOC(=O)Cn1nc([N+](=O)[O-])cc1CCl. The molecule has 0 unspecified atom stereocenters. The zero-order valence-corrected chi connectivity index (χ0v) is 9.31. The fraction of sp³-hybridized carbons (Fsp3) is 0.500. The first kappa shape index (κ1) is 12.4. The van der Waals surface area contributed by atoms with Crippen molar-refractivity contribution < 1.29 is 14.5 Å². The predicted octanol–water partition coefficient (Wildman–Crippen LogP) is 1.09. The maximum atomic E-state index is 11.2. The number of carbonyl (C=O) groups excluding carboxylic acids is 1. The van der Waals surface area contributed by atoms with E-state index >= 15 is 0 Å². The second-order valence-electron chi connectivity index (χ2n) is 2.85. The Hall–Kier alpha value is -1.63. The average Bonchev–Trinajstić information content (AvgIpc) is 2.61. The second-order valence-corrected chi connectivity index (χ2v) is 3.11. The zero-order valence-electron chi connectivity index (χ0n) is 8.55. The lowest BCUT2D eigenvalue weighted by molar-refractivity contribution is -0.389. The van der Waals surface area contributed by atoms with Crippen molar-refractivity contribution in [2.45, 2.75) is 19.3 Å². The third-order valence-electron chi connectivity index (χ3n) is 1.76. The van der Waals surface area contributed by atoms with Crippen molar-refractivity contribution in [3.8, 4) is 0 Å². The van der Waals surface area contributed by atoms with Crippen LogP contribution in [0.5, 0.6) is 0 Å². The van der Waals surface area contributed by atoms with E-state index in [4.69, 9.17) is 16.3 Å². The van der Waals surface area contributed by atoms with Crippen LogP contribution in [-0.2, 0) is 22.0 Å². The van der Waals surface area contributed by atoms with Gasteiger partial charge in [0, 0.05) is 0 Å². The molecule has 1 aromatic heterocycles. The van der Waals surface area contributed by atoms with Crippen molar-refractivity contribution in [2.24, 2.45) is 0 Å². The van der Waals surface area contributed by atoms with Gasteiger partial charge < -0.3 is 14.9 Å². The highest BCUT2D eigenvalue weighted by atomic mass is 35.5. The van der Waals surface area contributed by atoms with E-state index in [1.807, 2.05) is 0 Å². The molecule has 0 saturated carbocycles. The largest absolute Gasteiger partial charge is 0.465 e. The van der Waals surface area contributed by atoms with E-state index in [2.05, 4.69) is 5.10 Å². The highest BCUT2D eigenvalue weighted by molar-refractivity contribution is 6.16. The summed E-state index contributed by atoms with van der Waals surface area (Å²) in [4.78, 5) is 21.0. The fourth-order valence-corrected chi connectivity index (χ4v) is 1.32. The Kier molecular flexibility index (Phi) is 4.24. The lowest BCUT2D eigenvalue weighted by atomic mass is 10.4. The highest BCUT2D eigenvalue weighted by Gasteiger charge is 2.19. The van der Waals surface area contributed by atoms with Gasteiger partial charge in [-0.25, -0.2) is 4.79 Å². The van der Waals surface area contributed by atoms with Crippen molar-refractivity contribution >= 4 is 23.4 Å². The van der Waals surface area contributed by atoms with Crippen molar-refractivity contribution in [1.29, 1.82) is 0 Å². The number of aromatic nitrogens is 2. The standard InChI is InChI=1S/C8H10ClN3O4/c1-2-16-8(13)5-11-6(4-9)3-7(10-11)12(14)15/h3H,2,4-5H2,1H3. The molecule has 88 valence electrons. The Morgan fingerprint density at radius 2 is 2.44 bits per heavy atom. The summed E-state index contributed by atoms with van der Waals surface area (Å²) >= 11 is 5.58. The molecule has 0 saturated heterocycles. The number of ether oxygens (including phenoxy) is 1. The number of hydrogen-bond acceptors (Lipinski definition) is 5. The van der Waals surface area contributed by atoms with Crippen LogP contribution in [-0.4, -0.2) is 27.3 Å². The van der Waals surface area contributed by atoms with Crippen molar-refractivity contribution in [3.05, 3.63) is 21.9 Å². The van der Waals surface area contributed by atoms with Gasteiger partial charge in [0.15, 0.2) is 6.54 Å². The average molecular weight is 248 g/mol. The quantitative estimate of drug-likeness (QED) is 0.336. The topological polar surface area (TPSA) is 87.3 Å². The number of rotatable bonds is 5. The Bertz CT molecular complexity index is 404. The summed E-state index contributed by atoms with van der Waals surface area (Å²) < 4.78 is 5.87. The molecule has 7 nitrogen and oxygen atoms in total. The lowest BCUT2D eigenvalue weighted by Crippen LogP contribution is -2.16. The van der Waals surface area contributed by atoms with Gasteiger partial charge in [0.05, 0.1) is 29.3 Å². The summed E-state index contributed by atoms with van der Waals surface area (Å²) in [5.74, 6) is -0.799. The molecule has 1 aromatic rings. The number of esters is 1. The van der Waals surface area contributed by atoms with Crippen LogP contribution in [0.15, 0.2) is 6.07 Å². The summed E-state index contributed by atoms with van der Waals surface area (Å²) in [7, 11) is 0. The van der Waals surface area contributed by atoms with Gasteiger partial charge in [-0.05, 0) is 11.8 Å². The molecule has 0 aliphatic heterocycles. The third kappa shape index (κ3) is 2.93. The van der Waals surface area contributed by atoms with Gasteiger partial charge in [0.2, 0.25) is 0 Å². The molecule has 0 radical (unpaired) electrons. The number of alkyl halides is 1. The maximum absolute atomic E-state index is 11.2. The van der Waals surface area contributed by atoms with Gasteiger partial charge in [-0.1, -0.05) is 0 Å². The Morgan fingerprint density at radius 1 is 1.75 bits per heavy atom. The molecule has 1 heterocycles. The molecule has 16 heavy (non-hydrogen) atoms. The molecule has 0 aliphatic rings. The smallest absolute Gasteiger partial charge is 0.390 e. The fourth-order valence-electron chi connectivity index (χ4n) is 1.10. The molecule has 0 aliphatic carbocycles. The molecule has 0 spiro atoms. The predicted molar refractivity (Wildman–Crippen MR) is 55.1 cm³/mol. The van der Waals surface area contributed by atoms with Gasteiger partial charge in [-0.15, -0.1) is 11.6 Å². The van der Waals surface area contributed by atoms with E-state index in [0.717, 1.165) is 0 Å². The van der Waals surface area contributed by atoms with Gasteiger partial charge >= 0.3 is 11.8 Å². The van der Waals surface area contributed by atoms with E-state index in [9.17, 15) is 14.9 Å². The van der Waals surface area contributed by atoms with Crippen LogP contribution in [0.25, 0.3) is 0 Å². The minimum atomic E-state index is -0.641. The van der Waals surface area contributed by atoms with Crippen LogP contribution in [0.1, 0.15) is 12.6 Å². The third-order valence-corrected chi connectivity index (χ3v) is 2.03. The molecule has 0 aromatic carbocycles. The van der Waals surface area contributed by atoms with Gasteiger partial charge in [0.25, 0.3) is 0 Å². The molecule has 1 rings (SSSR count). The lowest BCUT2D eigenvalue weighted by Gasteiger charge is -2.00. The van der Waals surface area contributed by atoms with E-state index < -0.39 is 10.9 Å². The minimum Gasteiger partial charge on any atom is -0.465 e. The highest BCUT2D eigenvalue weighted by Crippen LogP contribution is 2.13. The van der Waals surface area contributed by atoms with Crippen LogP contribution >= 0.6 is 11.6 Å². The minimum absolute atomic E-state index is 0.0419. The van der Waals surface area contributed by atoms with E-state index in [1.54, 1.807) is 6.92 Å². The number of hydrogen-bond donors (Lipinski definition) is 0. The Balaban J connectivity index is 2.85. The number of nitrogens with zero attached hydrogens (tertiary/aromatic N) is 3. The van der Waals surface area contributed by atoms with Crippen molar-refractivity contribution in [2.75, 3.05) is 6.61 Å². The summed E-state index contributed by atoms with van der Waals surface area (Å²) in [5, 5.41) is 14.1. The van der Waals surface area contributed by atoms with Crippen LogP contribution in [0.4, 0.5) is 5.82 Å². The number of halogens is 1. The maximum Gasteiger partial charge on any atom is 0.390 e. The van der Waals surface area contributed by atoms with Gasteiger partial charge in [-0.2, -0.15) is 4.68 Å². The molecule has 0 atom stereocenters. The summed E-state index contributed by atoms with van der Waals surface area (Å²) in [6.45, 7) is 1.74. The molecule has 8 heteroatoms. The van der Waals surface area contributed by atoms with Crippen molar-refractivity contribution in [1.82, 2.24) is 9.78 Å². The Morgan fingerprint density at radius 3 is 2.94 bits per heavy atom. The zero-order chi connectivity index (χ0) is 12.1. The Labute approximate surface area is 96.1 Å². The van der Waals surface area contributed by atoms with Crippen LogP contribution < -0.4 is 0 Å². The van der Waals surface area contributed by atoms with E-state index in [0.29, 0.717) is 5.69 Å².